The van der Waals surface area contributed by atoms with E-state index in [1.165, 1.54) is 37.4 Å². The molecule has 4 aromatic carbocycles. The van der Waals surface area contributed by atoms with Gasteiger partial charge in [-0.25, -0.2) is 0 Å². The average molecular weight is 626 g/mol. The molecule has 12 nitrogen and oxygen atoms in total. The first kappa shape index (κ1) is 29.2. The predicted octanol–water partition coefficient (Wildman–Crippen LogP) is 6.02. The molecule has 16 heteroatoms. The fraction of sp³-hybridized carbons (Fsp3) is 0.0417. The molecule has 40 heavy (non-hydrogen) atoms. The summed E-state index contributed by atoms with van der Waals surface area (Å²) in [5, 5.41) is 20.6. The van der Waals surface area contributed by atoms with Gasteiger partial charge in [-0.2, -0.15) is 16.8 Å². The van der Waals surface area contributed by atoms with Crippen molar-refractivity contribution in [3.63, 3.8) is 0 Å². The lowest BCUT2D eigenvalue weighted by Gasteiger charge is -2.16. The molecule has 0 aliphatic heterocycles. The number of carbonyl (C=O) groups is 1. The fourth-order valence-electron chi connectivity index (χ4n) is 3.74. The maximum Gasteiger partial charge on any atom is 0.296 e. The number of methoxy groups -OCH3 is 1. The number of carbonyl (C=O) groups excluding carboxylic acids is 1. The molecule has 0 spiro atoms. The van der Waals surface area contributed by atoms with Gasteiger partial charge in [0.2, 0.25) is 0 Å². The number of hydrogen-bond acceptors (Lipinski definition) is 9. The van der Waals surface area contributed by atoms with Crippen LogP contribution in [0.15, 0.2) is 80.7 Å². The van der Waals surface area contributed by atoms with Gasteiger partial charge in [-0.3, -0.25) is 13.9 Å². The summed E-state index contributed by atoms with van der Waals surface area (Å²) in [5.41, 5.74) is -0.952. The second kappa shape index (κ2) is 11.0. The zero-order valence-electron chi connectivity index (χ0n) is 20.0. The Morgan fingerprint density at radius 1 is 0.900 bits per heavy atom. The van der Waals surface area contributed by atoms with Crippen LogP contribution in [0.2, 0.25) is 10.0 Å². The Kier molecular flexibility index (Phi) is 8.03. The fourth-order valence-corrected chi connectivity index (χ4v) is 5.56. The minimum absolute atomic E-state index is 0.0203. The normalized spacial score (nSPS) is 12.1. The molecule has 0 aliphatic carbocycles. The highest BCUT2D eigenvalue weighted by molar-refractivity contribution is 7.86. The number of anilines is 1. The van der Waals surface area contributed by atoms with Gasteiger partial charge in [0.05, 0.1) is 28.8 Å². The van der Waals surface area contributed by atoms with Gasteiger partial charge in [-0.05, 0) is 48.5 Å². The van der Waals surface area contributed by atoms with Crippen LogP contribution < -0.4 is 10.1 Å². The molecule has 0 bridgehead atoms. The number of nitrogens with zero attached hydrogens (tertiary/aromatic N) is 2. The summed E-state index contributed by atoms with van der Waals surface area (Å²) in [6.45, 7) is 0. The van der Waals surface area contributed by atoms with E-state index >= 15 is 0 Å². The summed E-state index contributed by atoms with van der Waals surface area (Å²) in [5.74, 6) is -1.56. The van der Waals surface area contributed by atoms with E-state index in [4.69, 9.17) is 27.9 Å². The van der Waals surface area contributed by atoms with Crippen molar-refractivity contribution in [3.8, 4) is 11.5 Å². The zero-order chi connectivity index (χ0) is 29.4. The van der Waals surface area contributed by atoms with Crippen molar-refractivity contribution < 1.29 is 40.6 Å². The summed E-state index contributed by atoms with van der Waals surface area (Å²) >= 11 is 12.0. The van der Waals surface area contributed by atoms with Gasteiger partial charge >= 0.3 is 0 Å². The van der Waals surface area contributed by atoms with Crippen LogP contribution in [0.4, 0.5) is 17.1 Å². The van der Waals surface area contributed by atoms with Crippen LogP contribution in [0.1, 0.15) is 10.4 Å². The molecule has 4 rings (SSSR count). The molecule has 0 radical (unpaired) electrons. The summed E-state index contributed by atoms with van der Waals surface area (Å²) in [4.78, 5) is 11.1. The number of benzene rings is 4. The number of phenolic OH excluding ortho intramolecular Hbond substituents is 1. The monoisotopic (exact) mass is 625 g/mol. The average Bonchev–Trinajstić information content (AvgIpc) is 2.86. The van der Waals surface area contributed by atoms with Crippen molar-refractivity contribution in [1.82, 2.24) is 0 Å². The molecular weight excluding hydrogens is 609 g/mol. The topological polar surface area (TPSA) is 192 Å². The Morgan fingerprint density at radius 3 is 2.20 bits per heavy atom. The molecule has 0 heterocycles. The van der Waals surface area contributed by atoms with Crippen LogP contribution in [-0.2, 0) is 20.2 Å². The highest BCUT2D eigenvalue weighted by Crippen LogP contribution is 2.46. The number of phenols is 1. The lowest BCUT2D eigenvalue weighted by atomic mass is 10.1. The Balaban J connectivity index is 2.02. The molecule has 0 atom stereocenters. The van der Waals surface area contributed by atoms with Crippen molar-refractivity contribution in [2.45, 2.75) is 9.79 Å². The van der Waals surface area contributed by atoms with E-state index in [2.05, 4.69) is 15.5 Å². The summed E-state index contributed by atoms with van der Waals surface area (Å²) in [6, 6.07) is 12.8. The van der Waals surface area contributed by atoms with Crippen molar-refractivity contribution in [2.75, 3.05) is 12.4 Å². The smallest absolute Gasteiger partial charge is 0.296 e. The predicted molar refractivity (Wildman–Crippen MR) is 147 cm³/mol. The Labute approximate surface area is 237 Å². The molecule has 0 fully saturated rings. The number of aromatic hydroxyl groups is 1. The first-order chi connectivity index (χ1) is 18.7. The number of ether oxygens (including phenoxy) is 1. The molecule has 0 aromatic heterocycles. The number of amides is 1. The molecule has 208 valence electrons. The van der Waals surface area contributed by atoms with Gasteiger partial charge < -0.3 is 15.2 Å². The van der Waals surface area contributed by atoms with Crippen molar-refractivity contribution in [3.05, 3.63) is 76.3 Å². The minimum Gasteiger partial charge on any atom is -0.505 e. The third kappa shape index (κ3) is 5.86. The van der Waals surface area contributed by atoms with Gasteiger partial charge in [0, 0.05) is 10.4 Å². The van der Waals surface area contributed by atoms with Crippen LogP contribution in [-0.4, -0.2) is 44.1 Å². The second-order valence-corrected chi connectivity index (χ2v) is 11.6. The van der Waals surface area contributed by atoms with Gasteiger partial charge in [0.1, 0.15) is 26.9 Å². The van der Waals surface area contributed by atoms with Crippen molar-refractivity contribution in [1.29, 1.82) is 0 Å². The number of hydrogen-bond donors (Lipinski definition) is 4. The number of para-hydroxylation sites is 1. The molecular formula is C24H17Cl2N3O9S2. The molecule has 0 saturated carbocycles. The molecule has 4 aromatic rings. The largest absolute Gasteiger partial charge is 0.505 e. The van der Waals surface area contributed by atoms with Crippen molar-refractivity contribution in [2.24, 2.45) is 10.2 Å². The van der Waals surface area contributed by atoms with E-state index in [1.807, 2.05) is 0 Å². The standard InChI is InChI=1S/C24H17Cl2N3O9S2/c1-38-18-5-3-2-4-16(18)28-29-22-20(40(35,36)37)11-14-19(39(32,33)34)9-8-17(21(14)23(22)30)27-24(31)13-7-6-12(25)10-15(13)26/h2-11,30H,1H3,(H,27,31)(H,32,33,34)(H,35,36,37). The van der Waals surface area contributed by atoms with Crippen molar-refractivity contribution >= 4 is 77.2 Å². The van der Waals surface area contributed by atoms with E-state index in [-0.39, 0.29) is 32.7 Å². The molecule has 0 unspecified atom stereocenters. The van der Waals surface area contributed by atoms with Crippen LogP contribution in [0.5, 0.6) is 11.5 Å². The lowest BCUT2D eigenvalue weighted by molar-refractivity contribution is 0.102. The van der Waals surface area contributed by atoms with E-state index in [0.717, 1.165) is 12.1 Å². The Morgan fingerprint density at radius 2 is 1.57 bits per heavy atom. The Hall–Kier alpha value is -3.79. The maximum absolute atomic E-state index is 13.0. The Bertz CT molecular complexity index is 1930. The molecule has 4 N–H and O–H groups in total. The SMILES string of the molecule is COc1ccccc1N=Nc1c(S(=O)(=O)O)cc2c(S(=O)(=O)O)ccc(NC(=O)c3ccc(Cl)cc3Cl)c2c1O. The van der Waals surface area contributed by atoms with Gasteiger partial charge in [-0.15, -0.1) is 10.2 Å². The van der Waals surface area contributed by atoms with Gasteiger partial charge in [-0.1, -0.05) is 35.3 Å². The summed E-state index contributed by atoms with van der Waals surface area (Å²) in [6.07, 6.45) is 0. The lowest BCUT2D eigenvalue weighted by Crippen LogP contribution is -2.13. The summed E-state index contributed by atoms with van der Waals surface area (Å²) < 4.78 is 73.6. The van der Waals surface area contributed by atoms with Crippen LogP contribution in [0.25, 0.3) is 10.8 Å². The molecule has 1 amide bonds. The zero-order valence-corrected chi connectivity index (χ0v) is 23.2. The van der Waals surface area contributed by atoms with Crippen LogP contribution in [0.3, 0.4) is 0 Å². The first-order valence-corrected chi connectivity index (χ1v) is 14.4. The summed E-state index contributed by atoms with van der Waals surface area (Å²) in [7, 11) is -8.81. The highest BCUT2D eigenvalue weighted by Gasteiger charge is 2.28. The van der Waals surface area contributed by atoms with Gasteiger partial charge in [0.15, 0.2) is 5.75 Å². The van der Waals surface area contributed by atoms with Crippen LogP contribution >= 0.6 is 23.2 Å². The first-order valence-electron chi connectivity index (χ1n) is 10.8. The quantitative estimate of drug-likeness (QED) is 0.140. The third-order valence-corrected chi connectivity index (χ3v) is 7.82. The second-order valence-electron chi connectivity index (χ2n) is 8.01. The van der Waals surface area contributed by atoms with Crippen LogP contribution in [0, 0.1) is 0 Å². The number of fused-ring (bicyclic) bond motifs is 1. The number of nitrogens with one attached hydrogen (secondary N) is 1. The highest BCUT2D eigenvalue weighted by atomic mass is 35.5. The third-order valence-electron chi connectivity index (χ3n) is 5.50. The number of rotatable bonds is 7. The van der Waals surface area contributed by atoms with E-state index in [9.17, 15) is 35.8 Å². The number of halogens is 2. The maximum atomic E-state index is 13.0. The molecule has 0 saturated heterocycles. The van der Waals surface area contributed by atoms with E-state index < -0.39 is 58.1 Å². The van der Waals surface area contributed by atoms with E-state index in [1.54, 1.807) is 12.1 Å². The minimum atomic E-state index is -5.16. The van der Waals surface area contributed by atoms with Gasteiger partial charge in [0.25, 0.3) is 26.1 Å². The number of azo groups is 1. The van der Waals surface area contributed by atoms with E-state index in [0.29, 0.717) is 6.07 Å². The molecule has 0 aliphatic rings.